The van der Waals surface area contributed by atoms with Crippen molar-refractivity contribution in [3.63, 3.8) is 0 Å². The second-order valence-corrected chi connectivity index (χ2v) is 9.00. The molecule has 0 radical (unpaired) electrons. The first-order valence-corrected chi connectivity index (χ1v) is 10.8. The molecular formula is C25H28F4N2O. The van der Waals surface area contributed by atoms with E-state index in [1.807, 2.05) is 0 Å². The van der Waals surface area contributed by atoms with E-state index in [2.05, 4.69) is 16.9 Å². The van der Waals surface area contributed by atoms with Gasteiger partial charge in [-0.25, -0.2) is 4.39 Å². The largest absolute Gasteiger partial charge is 0.416 e. The Hall–Kier alpha value is -2.38. The topological polar surface area (TPSA) is 28.3 Å². The molecule has 1 fully saturated rings. The Morgan fingerprint density at radius 3 is 2.41 bits per heavy atom. The minimum atomic E-state index is -4.43. The van der Waals surface area contributed by atoms with Crippen molar-refractivity contribution in [3.05, 3.63) is 70.7 Å². The lowest BCUT2D eigenvalue weighted by Crippen LogP contribution is -2.44. The molecular weight excluding hydrogens is 420 g/mol. The van der Waals surface area contributed by atoms with Gasteiger partial charge in [-0.3, -0.25) is 0 Å². The third-order valence-electron chi connectivity index (χ3n) is 6.80. The molecule has 0 spiro atoms. The molecule has 1 aliphatic rings. The van der Waals surface area contributed by atoms with Crippen molar-refractivity contribution >= 4 is 10.9 Å². The van der Waals surface area contributed by atoms with Gasteiger partial charge in [0.1, 0.15) is 5.82 Å². The molecule has 3 aromatic rings. The van der Waals surface area contributed by atoms with Crippen molar-refractivity contribution < 1.29 is 22.3 Å². The minimum Gasteiger partial charge on any atom is -0.373 e. The Labute approximate surface area is 185 Å². The van der Waals surface area contributed by atoms with Gasteiger partial charge >= 0.3 is 6.18 Å². The van der Waals surface area contributed by atoms with Gasteiger partial charge in [0.05, 0.1) is 23.8 Å². The highest BCUT2D eigenvalue weighted by Crippen LogP contribution is 2.40. The van der Waals surface area contributed by atoms with E-state index in [0.29, 0.717) is 23.1 Å². The Kier molecular flexibility index (Phi) is 6.07. The van der Waals surface area contributed by atoms with Gasteiger partial charge in [0.25, 0.3) is 0 Å². The first-order chi connectivity index (χ1) is 15.1. The molecule has 1 saturated heterocycles. The predicted molar refractivity (Wildman–Crippen MR) is 117 cm³/mol. The van der Waals surface area contributed by atoms with Crippen molar-refractivity contribution in [1.82, 2.24) is 9.88 Å². The Morgan fingerprint density at radius 2 is 1.78 bits per heavy atom. The quantitative estimate of drug-likeness (QED) is 0.459. The number of likely N-dealkylation sites (tertiary alicyclic amines) is 1. The minimum absolute atomic E-state index is 0.292. The van der Waals surface area contributed by atoms with Crippen LogP contribution in [0, 0.1) is 12.7 Å². The van der Waals surface area contributed by atoms with Crippen LogP contribution in [0.4, 0.5) is 17.6 Å². The van der Waals surface area contributed by atoms with E-state index in [9.17, 15) is 17.6 Å². The molecule has 2 aromatic carbocycles. The van der Waals surface area contributed by atoms with Gasteiger partial charge in [-0.15, -0.1) is 0 Å². The number of halogens is 4. The molecule has 1 atom stereocenters. The number of alkyl halides is 3. The number of rotatable bonds is 5. The first-order valence-electron chi connectivity index (χ1n) is 10.8. The molecule has 0 aliphatic carbocycles. The number of fused-ring (bicyclic) bond motifs is 1. The lowest BCUT2D eigenvalue weighted by atomic mass is 9.73. The normalized spacial score (nSPS) is 18.2. The fraction of sp³-hybridized carbons (Fsp3) is 0.440. The van der Waals surface area contributed by atoms with Crippen LogP contribution < -0.4 is 0 Å². The number of hydrogen-bond acceptors (Lipinski definition) is 2. The maximum Gasteiger partial charge on any atom is 0.416 e. The summed E-state index contributed by atoms with van der Waals surface area (Å²) < 4.78 is 60.4. The molecule has 1 N–H and O–H groups in total. The number of aromatic amines is 1. The summed E-state index contributed by atoms with van der Waals surface area (Å²) in [5.74, 6) is -0.292. The Morgan fingerprint density at radius 1 is 1.12 bits per heavy atom. The fourth-order valence-electron chi connectivity index (χ4n) is 4.62. The molecule has 172 valence electrons. The summed E-state index contributed by atoms with van der Waals surface area (Å²) in [5, 5.41) is 0.554. The maximum absolute atomic E-state index is 13.5. The highest BCUT2D eigenvalue weighted by atomic mass is 19.4. The van der Waals surface area contributed by atoms with E-state index in [4.69, 9.17) is 4.74 Å². The van der Waals surface area contributed by atoms with E-state index in [-0.39, 0.29) is 11.2 Å². The van der Waals surface area contributed by atoms with Crippen molar-refractivity contribution in [2.24, 2.45) is 0 Å². The van der Waals surface area contributed by atoms with Crippen LogP contribution in [0.25, 0.3) is 10.9 Å². The molecule has 0 saturated carbocycles. The number of aryl methyl sites for hydroxylation is 1. The zero-order valence-corrected chi connectivity index (χ0v) is 18.5. The number of ether oxygens (including phenoxy) is 1. The van der Waals surface area contributed by atoms with Gasteiger partial charge in [0, 0.05) is 22.6 Å². The van der Waals surface area contributed by atoms with Gasteiger partial charge < -0.3 is 14.6 Å². The summed E-state index contributed by atoms with van der Waals surface area (Å²) >= 11 is 0. The van der Waals surface area contributed by atoms with Crippen LogP contribution in [0.5, 0.6) is 0 Å². The number of piperidine rings is 1. The third-order valence-corrected chi connectivity index (χ3v) is 6.80. The van der Waals surface area contributed by atoms with Crippen LogP contribution >= 0.6 is 0 Å². The summed E-state index contributed by atoms with van der Waals surface area (Å²) in [7, 11) is 2.06. The molecule has 0 amide bonds. The van der Waals surface area contributed by atoms with Crippen LogP contribution in [-0.2, 0) is 16.3 Å². The molecule has 3 nitrogen and oxygen atoms in total. The monoisotopic (exact) mass is 448 g/mol. The molecule has 1 unspecified atom stereocenters. The van der Waals surface area contributed by atoms with E-state index >= 15 is 0 Å². The summed E-state index contributed by atoms with van der Waals surface area (Å²) in [4.78, 5) is 5.35. The zero-order chi connectivity index (χ0) is 23.1. The Bertz CT molecular complexity index is 1080. The van der Waals surface area contributed by atoms with Crippen molar-refractivity contribution in [2.45, 2.75) is 44.4 Å². The van der Waals surface area contributed by atoms with Crippen molar-refractivity contribution in [1.29, 1.82) is 0 Å². The maximum atomic E-state index is 13.5. The van der Waals surface area contributed by atoms with Crippen LogP contribution in [-0.4, -0.2) is 36.6 Å². The highest BCUT2D eigenvalue weighted by Gasteiger charge is 2.37. The van der Waals surface area contributed by atoms with Gasteiger partial charge in [0.15, 0.2) is 0 Å². The van der Waals surface area contributed by atoms with Crippen molar-refractivity contribution in [2.75, 3.05) is 26.7 Å². The number of nitrogens with one attached hydrogen (secondary N) is 1. The average Bonchev–Trinajstić information content (AvgIpc) is 3.13. The molecule has 7 heteroatoms. The van der Waals surface area contributed by atoms with Crippen LogP contribution in [0.1, 0.15) is 48.1 Å². The fourth-order valence-corrected chi connectivity index (χ4v) is 4.62. The van der Waals surface area contributed by atoms with Crippen LogP contribution in [0.3, 0.4) is 0 Å². The smallest absolute Gasteiger partial charge is 0.373 e. The molecule has 1 aliphatic heterocycles. The average molecular weight is 449 g/mol. The summed E-state index contributed by atoms with van der Waals surface area (Å²) in [6.45, 7) is 5.68. The second kappa shape index (κ2) is 8.52. The van der Waals surface area contributed by atoms with Gasteiger partial charge in [-0.2, -0.15) is 13.2 Å². The van der Waals surface area contributed by atoms with E-state index < -0.39 is 17.8 Å². The van der Waals surface area contributed by atoms with Gasteiger partial charge in [0.2, 0.25) is 0 Å². The summed E-state index contributed by atoms with van der Waals surface area (Å²) in [5.41, 5.74) is 1.95. The summed E-state index contributed by atoms with van der Waals surface area (Å²) in [6.07, 6.45) is -1.59. The number of aromatic nitrogens is 1. The van der Waals surface area contributed by atoms with Crippen molar-refractivity contribution in [3.8, 4) is 0 Å². The number of hydrogen-bond donors (Lipinski definition) is 1. The molecule has 4 rings (SSSR count). The number of nitrogens with zero attached hydrogens (tertiary/aromatic N) is 1. The van der Waals surface area contributed by atoms with Crippen LogP contribution in [0.15, 0.2) is 42.6 Å². The third kappa shape index (κ3) is 4.41. The molecule has 0 bridgehead atoms. The number of benzene rings is 2. The molecule has 32 heavy (non-hydrogen) atoms. The lowest BCUT2D eigenvalue weighted by Gasteiger charge is -2.41. The van der Waals surface area contributed by atoms with Crippen LogP contribution in [0.2, 0.25) is 0 Å². The molecule has 1 aromatic heterocycles. The lowest BCUT2D eigenvalue weighted by molar-refractivity contribution is -0.137. The number of H-pyrrole nitrogens is 1. The first kappa shape index (κ1) is 22.8. The SMILES string of the molecule is Cc1c[nH]c2c(C(C)OCC3(c4ccc(F)cc4)CCN(C)CC3)cc(C(F)(F)F)cc12. The molecule has 2 heterocycles. The highest BCUT2D eigenvalue weighted by molar-refractivity contribution is 5.87. The Balaban J connectivity index is 1.65. The standard InChI is InChI=1S/C25H28F4N2O/c1-16-14-30-23-21(16)12-19(25(27,28)29)13-22(23)17(2)32-15-24(8-10-31(3)11-9-24)18-4-6-20(26)7-5-18/h4-7,12-14,17,30H,8-11,15H2,1-3H3. The summed E-state index contributed by atoms with van der Waals surface area (Å²) in [6, 6.07) is 8.88. The van der Waals surface area contributed by atoms with Gasteiger partial charge in [-0.05, 0) is 82.2 Å². The second-order valence-electron chi connectivity index (χ2n) is 9.00. The zero-order valence-electron chi connectivity index (χ0n) is 18.5. The predicted octanol–water partition coefficient (Wildman–Crippen LogP) is 6.38. The van der Waals surface area contributed by atoms with E-state index in [0.717, 1.165) is 37.1 Å². The van der Waals surface area contributed by atoms with E-state index in [1.165, 1.54) is 24.3 Å². The van der Waals surface area contributed by atoms with E-state index in [1.54, 1.807) is 32.2 Å². The van der Waals surface area contributed by atoms with Gasteiger partial charge in [-0.1, -0.05) is 12.1 Å².